The average molecular weight is 576 g/mol. The lowest BCUT2D eigenvalue weighted by molar-refractivity contribution is -0.143. The van der Waals surface area contributed by atoms with Gasteiger partial charge in [0.25, 0.3) is 0 Å². The van der Waals surface area contributed by atoms with Gasteiger partial charge < -0.3 is 5.73 Å². The van der Waals surface area contributed by atoms with E-state index in [0.29, 0.717) is 28.8 Å². The molecule has 0 aliphatic heterocycles. The van der Waals surface area contributed by atoms with E-state index in [1.807, 2.05) is 19.1 Å². The molecule has 5 aromatic carbocycles. The number of benzene rings is 5. The Balaban J connectivity index is 1.93. The lowest BCUT2D eigenvalue weighted by Gasteiger charge is -2.22. The number of alkyl halides is 6. The van der Waals surface area contributed by atoms with E-state index in [2.05, 4.69) is 0 Å². The third-order valence-electron chi connectivity index (χ3n) is 6.95. The molecule has 0 aromatic heterocycles. The number of ketones is 1. The summed E-state index contributed by atoms with van der Waals surface area (Å²) in [6, 6.07) is 26.8. The van der Waals surface area contributed by atoms with E-state index in [1.165, 1.54) is 0 Å². The summed E-state index contributed by atoms with van der Waals surface area (Å²) in [5, 5.41) is 0. The van der Waals surface area contributed by atoms with Crippen molar-refractivity contribution in [2.24, 2.45) is 0 Å². The van der Waals surface area contributed by atoms with Gasteiger partial charge in [-0.2, -0.15) is 26.3 Å². The molecule has 0 bridgehead atoms. The predicted octanol–water partition coefficient (Wildman–Crippen LogP) is 9.85. The van der Waals surface area contributed by atoms with E-state index < -0.39 is 34.8 Å². The fraction of sp³-hybridized carbons (Fsp3) is 0.0882. The fourth-order valence-electron chi connectivity index (χ4n) is 4.90. The maximum absolute atomic E-state index is 14.0. The summed E-state index contributed by atoms with van der Waals surface area (Å²) in [5.74, 6) is -0.521. The molecule has 0 saturated carbocycles. The Kier molecular flexibility index (Phi) is 7.41. The maximum atomic E-state index is 14.0. The van der Waals surface area contributed by atoms with Crippen molar-refractivity contribution in [2.75, 3.05) is 5.73 Å². The zero-order chi connectivity index (χ0) is 30.2. The van der Waals surface area contributed by atoms with E-state index in [9.17, 15) is 31.1 Å². The predicted molar refractivity (Wildman–Crippen MR) is 152 cm³/mol. The van der Waals surface area contributed by atoms with Gasteiger partial charge in [0.1, 0.15) is 0 Å². The number of aryl methyl sites for hydroxylation is 1. The van der Waals surface area contributed by atoms with Crippen LogP contribution in [0.1, 0.15) is 32.6 Å². The van der Waals surface area contributed by atoms with E-state index in [4.69, 9.17) is 5.73 Å². The van der Waals surface area contributed by atoms with Crippen LogP contribution in [-0.2, 0) is 12.4 Å². The van der Waals surface area contributed by atoms with Gasteiger partial charge in [0.05, 0.1) is 22.4 Å². The van der Waals surface area contributed by atoms with Crippen molar-refractivity contribution in [1.82, 2.24) is 0 Å². The second-order valence-corrected chi connectivity index (χ2v) is 9.86. The third kappa shape index (κ3) is 5.65. The first-order valence-electron chi connectivity index (χ1n) is 12.8. The number of carbonyl (C=O) groups is 1. The number of rotatable bonds is 5. The summed E-state index contributed by atoms with van der Waals surface area (Å²) in [6.45, 7) is 1.89. The Labute approximate surface area is 238 Å². The van der Waals surface area contributed by atoms with Crippen LogP contribution in [-0.4, -0.2) is 5.78 Å². The lowest BCUT2D eigenvalue weighted by Crippen LogP contribution is -2.13. The van der Waals surface area contributed by atoms with Crippen LogP contribution in [0.2, 0.25) is 0 Å². The minimum absolute atomic E-state index is 0.0225. The number of carbonyl (C=O) groups excluding carboxylic acids is 1. The Morgan fingerprint density at radius 3 is 1.62 bits per heavy atom. The average Bonchev–Trinajstić information content (AvgIpc) is 2.96. The van der Waals surface area contributed by atoms with Gasteiger partial charge in [-0.05, 0) is 59.0 Å². The van der Waals surface area contributed by atoms with Gasteiger partial charge in [0.15, 0.2) is 5.78 Å². The van der Waals surface area contributed by atoms with Crippen molar-refractivity contribution in [3.05, 3.63) is 137 Å². The Hall–Kier alpha value is -4.85. The number of hydrogen-bond donors (Lipinski definition) is 1. The molecular formula is C34H23F6NO. The van der Waals surface area contributed by atoms with Gasteiger partial charge in [0, 0.05) is 11.1 Å². The summed E-state index contributed by atoms with van der Waals surface area (Å²) in [5.41, 5.74) is 5.95. The smallest absolute Gasteiger partial charge is 0.398 e. The second kappa shape index (κ2) is 10.9. The second-order valence-electron chi connectivity index (χ2n) is 9.86. The van der Waals surface area contributed by atoms with Gasteiger partial charge in [-0.15, -0.1) is 0 Å². The summed E-state index contributed by atoms with van der Waals surface area (Å²) in [6.07, 6.45) is -10.1. The minimum atomic E-state index is -5.07. The van der Waals surface area contributed by atoms with Crippen molar-refractivity contribution in [3.63, 3.8) is 0 Å². The van der Waals surface area contributed by atoms with Crippen molar-refractivity contribution in [2.45, 2.75) is 19.3 Å². The number of halogens is 6. The quantitative estimate of drug-likeness (QED) is 0.129. The highest BCUT2D eigenvalue weighted by atomic mass is 19.4. The summed E-state index contributed by atoms with van der Waals surface area (Å²) in [7, 11) is 0. The first-order chi connectivity index (χ1) is 19.8. The standard InChI is InChI=1S/C34H23F6NO/c1-20-12-14-22(15-13-20)28-19-27(21-8-4-2-5-9-21)29(31(41)30(28)32(42)23-10-6-3-7-11-23)24-16-25(33(35,36)37)18-26(17-24)34(38,39)40/h2-19H,41H2,1H3. The topological polar surface area (TPSA) is 43.1 Å². The zero-order valence-electron chi connectivity index (χ0n) is 22.1. The molecule has 0 spiro atoms. The van der Waals surface area contributed by atoms with Crippen LogP contribution in [0.5, 0.6) is 0 Å². The molecule has 0 amide bonds. The fourth-order valence-corrected chi connectivity index (χ4v) is 4.90. The maximum Gasteiger partial charge on any atom is 0.416 e. The Bertz CT molecular complexity index is 1730. The molecule has 212 valence electrons. The highest BCUT2D eigenvalue weighted by Crippen LogP contribution is 2.47. The molecule has 0 unspecified atom stereocenters. The molecule has 0 radical (unpaired) electrons. The van der Waals surface area contributed by atoms with Gasteiger partial charge in [0.2, 0.25) is 0 Å². The SMILES string of the molecule is Cc1ccc(-c2cc(-c3ccccc3)c(-c3cc(C(F)(F)F)cc(C(F)(F)F)c3)c(N)c2C(=O)c2ccccc2)cc1. The molecule has 8 heteroatoms. The first kappa shape index (κ1) is 28.7. The first-order valence-corrected chi connectivity index (χ1v) is 12.8. The van der Waals surface area contributed by atoms with E-state index in [0.717, 1.165) is 5.56 Å². The molecule has 42 heavy (non-hydrogen) atoms. The van der Waals surface area contributed by atoms with E-state index in [-0.39, 0.29) is 34.0 Å². The van der Waals surface area contributed by atoms with Crippen LogP contribution in [0.3, 0.4) is 0 Å². The molecule has 0 fully saturated rings. The van der Waals surface area contributed by atoms with Crippen LogP contribution in [0, 0.1) is 6.92 Å². The molecule has 0 aliphatic rings. The van der Waals surface area contributed by atoms with Crippen molar-refractivity contribution in [1.29, 1.82) is 0 Å². The van der Waals surface area contributed by atoms with Crippen LogP contribution in [0.25, 0.3) is 33.4 Å². The summed E-state index contributed by atoms with van der Waals surface area (Å²) >= 11 is 0. The third-order valence-corrected chi connectivity index (χ3v) is 6.95. The van der Waals surface area contributed by atoms with Crippen molar-refractivity contribution < 1.29 is 31.1 Å². The van der Waals surface area contributed by atoms with Crippen LogP contribution >= 0.6 is 0 Å². The van der Waals surface area contributed by atoms with Crippen LogP contribution < -0.4 is 5.73 Å². The number of anilines is 1. The van der Waals surface area contributed by atoms with Gasteiger partial charge in [-0.3, -0.25) is 4.79 Å². The van der Waals surface area contributed by atoms with Crippen LogP contribution in [0.4, 0.5) is 32.0 Å². The van der Waals surface area contributed by atoms with Crippen molar-refractivity contribution in [3.8, 4) is 33.4 Å². The highest BCUT2D eigenvalue weighted by Gasteiger charge is 2.38. The molecule has 0 atom stereocenters. The normalized spacial score (nSPS) is 11.9. The van der Waals surface area contributed by atoms with Gasteiger partial charge >= 0.3 is 12.4 Å². The van der Waals surface area contributed by atoms with E-state index >= 15 is 0 Å². The zero-order valence-corrected chi connectivity index (χ0v) is 22.1. The number of nitrogen functional groups attached to an aromatic ring is 1. The summed E-state index contributed by atoms with van der Waals surface area (Å²) in [4.78, 5) is 14.0. The Morgan fingerprint density at radius 1 is 0.595 bits per heavy atom. The highest BCUT2D eigenvalue weighted by molar-refractivity contribution is 6.19. The van der Waals surface area contributed by atoms with Crippen LogP contribution in [0.15, 0.2) is 109 Å². The van der Waals surface area contributed by atoms with E-state index in [1.54, 1.807) is 78.9 Å². The number of hydrogen-bond acceptors (Lipinski definition) is 2. The summed E-state index contributed by atoms with van der Waals surface area (Å²) < 4.78 is 83.2. The van der Waals surface area contributed by atoms with Crippen molar-refractivity contribution >= 4 is 11.5 Å². The molecule has 2 nitrogen and oxygen atoms in total. The number of nitrogens with two attached hydrogens (primary N) is 1. The molecule has 5 rings (SSSR count). The Morgan fingerprint density at radius 2 is 1.10 bits per heavy atom. The minimum Gasteiger partial charge on any atom is -0.398 e. The monoisotopic (exact) mass is 575 g/mol. The molecule has 2 N–H and O–H groups in total. The van der Waals surface area contributed by atoms with Gasteiger partial charge in [-0.25, -0.2) is 0 Å². The lowest BCUT2D eigenvalue weighted by atomic mass is 9.83. The molecule has 0 heterocycles. The molecule has 0 saturated heterocycles. The molecule has 0 aliphatic carbocycles. The van der Waals surface area contributed by atoms with Gasteiger partial charge in [-0.1, -0.05) is 90.5 Å². The largest absolute Gasteiger partial charge is 0.416 e. The molecule has 5 aromatic rings. The molecular weight excluding hydrogens is 552 g/mol.